The van der Waals surface area contributed by atoms with Gasteiger partial charge in [-0.3, -0.25) is 9.69 Å². The topological polar surface area (TPSA) is 23.6 Å². The Labute approximate surface area is 143 Å². The summed E-state index contributed by atoms with van der Waals surface area (Å²) in [7, 11) is 0. The molecule has 3 aliphatic heterocycles. The van der Waals surface area contributed by atoms with Crippen molar-refractivity contribution in [1.29, 1.82) is 0 Å². The summed E-state index contributed by atoms with van der Waals surface area (Å²) < 4.78 is 0. The summed E-state index contributed by atoms with van der Waals surface area (Å²) in [6.07, 6.45) is 8.42. The predicted octanol–water partition coefficient (Wildman–Crippen LogP) is 3.25. The predicted molar refractivity (Wildman–Crippen MR) is 94.0 cm³/mol. The summed E-state index contributed by atoms with van der Waals surface area (Å²) in [5, 5.41) is 0. The molecule has 2 bridgehead atoms. The molecule has 3 nitrogen and oxygen atoms in total. The number of anilines is 1. The van der Waals surface area contributed by atoms with Crippen molar-refractivity contribution >= 4 is 12.1 Å². The highest BCUT2D eigenvalue weighted by Crippen LogP contribution is 2.75. The zero-order valence-corrected chi connectivity index (χ0v) is 14.1. The van der Waals surface area contributed by atoms with Crippen LogP contribution in [0.5, 0.6) is 0 Å². The van der Waals surface area contributed by atoms with E-state index < -0.39 is 0 Å². The average molecular weight is 320 g/mol. The Morgan fingerprint density at radius 1 is 1.12 bits per heavy atom. The second-order valence-corrected chi connectivity index (χ2v) is 8.76. The Balaban J connectivity index is 1.72. The molecule has 0 N–H and O–H groups in total. The van der Waals surface area contributed by atoms with E-state index in [1.807, 2.05) is 0 Å². The van der Waals surface area contributed by atoms with E-state index in [-0.39, 0.29) is 11.0 Å². The molecular weight excluding hydrogens is 296 g/mol. The zero-order chi connectivity index (χ0) is 16.2. The first-order valence-electron chi connectivity index (χ1n) is 9.46. The molecule has 3 spiro atoms. The number of fused-ring (bicyclic) bond motifs is 3. The molecule has 3 aliphatic carbocycles. The van der Waals surface area contributed by atoms with Crippen molar-refractivity contribution in [2.24, 2.45) is 5.41 Å². The first kappa shape index (κ1) is 13.7. The Bertz CT molecular complexity index is 788. The number of para-hydroxylation sites is 1. The summed E-state index contributed by atoms with van der Waals surface area (Å²) >= 11 is 0. The number of carbonyl (C=O) groups is 1. The van der Waals surface area contributed by atoms with Gasteiger partial charge >= 0.3 is 0 Å². The van der Waals surface area contributed by atoms with Gasteiger partial charge in [-0.25, -0.2) is 0 Å². The largest absolute Gasteiger partial charge is 0.304 e. The zero-order valence-electron chi connectivity index (χ0n) is 14.1. The fourth-order valence-electron chi connectivity index (χ4n) is 7.93. The maximum absolute atomic E-state index is 12.3. The lowest BCUT2D eigenvalue weighted by Gasteiger charge is -2.68. The number of hydrogen-bond acceptors (Lipinski definition) is 2. The molecular formula is C21H24N2O. The van der Waals surface area contributed by atoms with Crippen molar-refractivity contribution in [2.45, 2.75) is 55.5 Å². The summed E-state index contributed by atoms with van der Waals surface area (Å²) in [5.74, 6) is 0. The van der Waals surface area contributed by atoms with Crippen molar-refractivity contribution in [2.75, 3.05) is 18.0 Å². The normalized spacial score (nSPS) is 45.1. The fourth-order valence-corrected chi connectivity index (χ4v) is 7.93. The molecule has 1 aromatic rings. The van der Waals surface area contributed by atoms with Crippen LogP contribution in [0, 0.1) is 5.41 Å². The van der Waals surface area contributed by atoms with E-state index >= 15 is 0 Å². The quantitative estimate of drug-likeness (QED) is 0.586. The van der Waals surface area contributed by atoms with Crippen LogP contribution in [0.1, 0.15) is 44.1 Å². The molecule has 6 aliphatic rings. The van der Waals surface area contributed by atoms with Gasteiger partial charge in [0.05, 0.1) is 5.54 Å². The van der Waals surface area contributed by atoms with Gasteiger partial charge in [0, 0.05) is 17.1 Å². The second-order valence-electron chi connectivity index (χ2n) is 8.76. The van der Waals surface area contributed by atoms with Gasteiger partial charge in [0.2, 0.25) is 6.41 Å². The number of piperidine rings is 1. The van der Waals surface area contributed by atoms with E-state index in [0.29, 0.717) is 11.5 Å². The number of rotatable bonds is 1. The smallest absolute Gasteiger partial charge is 0.214 e. The SMILES string of the molecule is C=C1CC23CCCN4CC[C@@]5(c6ccccc6N(C=O)C15CC2)[C@@H]43. The molecule has 3 heteroatoms. The Kier molecular flexibility index (Phi) is 2.25. The Morgan fingerprint density at radius 2 is 2.00 bits per heavy atom. The summed E-state index contributed by atoms with van der Waals surface area (Å²) in [6.45, 7) is 7.01. The van der Waals surface area contributed by atoms with Crippen LogP contribution in [-0.2, 0) is 10.2 Å². The molecule has 1 amide bonds. The van der Waals surface area contributed by atoms with Gasteiger partial charge in [-0.2, -0.15) is 0 Å². The van der Waals surface area contributed by atoms with Crippen LogP contribution in [0.3, 0.4) is 0 Å². The highest BCUT2D eigenvalue weighted by atomic mass is 16.1. The highest BCUT2D eigenvalue weighted by Gasteiger charge is 2.78. The van der Waals surface area contributed by atoms with Crippen LogP contribution in [0.4, 0.5) is 5.69 Å². The number of benzene rings is 1. The number of nitrogens with zero attached hydrogens (tertiary/aromatic N) is 2. The highest BCUT2D eigenvalue weighted by molar-refractivity contribution is 5.88. The van der Waals surface area contributed by atoms with E-state index in [1.54, 1.807) is 0 Å². The molecule has 3 heterocycles. The van der Waals surface area contributed by atoms with Gasteiger partial charge in [0.15, 0.2) is 0 Å². The van der Waals surface area contributed by atoms with Crippen LogP contribution in [0.2, 0.25) is 0 Å². The number of amides is 1. The van der Waals surface area contributed by atoms with Gasteiger partial charge in [-0.05, 0) is 74.2 Å². The molecule has 5 fully saturated rings. The van der Waals surface area contributed by atoms with Gasteiger partial charge in [0.25, 0.3) is 0 Å². The minimum Gasteiger partial charge on any atom is -0.304 e. The first-order valence-corrected chi connectivity index (χ1v) is 9.46. The minimum absolute atomic E-state index is 0.0819. The lowest BCUT2D eigenvalue weighted by atomic mass is 9.40. The second kappa shape index (κ2) is 3.96. The number of hydrogen-bond donors (Lipinski definition) is 0. The Hall–Kier alpha value is -1.61. The van der Waals surface area contributed by atoms with E-state index in [2.05, 4.69) is 40.6 Å². The van der Waals surface area contributed by atoms with Crippen molar-refractivity contribution in [3.8, 4) is 0 Å². The summed E-state index contributed by atoms with van der Waals surface area (Å²) in [4.78, 5) is 17.1. The van der Waals surface area contributed by atoms with Crippen LogP contribution < -0.4 is 4.90 Å². The summed E-state index contributed by atoms with van der Waals surface area (Å²) in [6, 6.07) is 9.31. The molecule has 0 aromatic heterocycles. The monoisotopic (exact) mass is 320 g/mol. The minimum atomic E-state index is -0.170. The third kappa shape index (κ3) is 1.10. The standard InChI is InChI=1S/C21H24N2O/c1-15-13-19-7-4-11-22-12-10-20(18(19)22)16-5-2-3-6-17(16)23(14-24)21(15,20)9-8-19/h2-3,5-6,14,18H,1,4,7-13H2/t18-,19?,20+,21?/m0/s1. The van der Waals surface area contributed by atoms with Crippen LogP contribution in [0.15, 0.2) is 36.4 Å². The van der Waals surface area contributed by atoms with Gasteiger partial charge in [-0.1, -0.05) is 24.8 Å². The molecule has 1 aromatic carbocycles. The molecule has 3 saturated carbocycles. The van der Waals surface area contributed by atoms with Gasteiger partial charge in [0.1, 0.15) is 0 Å². The van der Waals surface area contributed by atoms with E-state index in [0.717, 1.165) is 24.9 Å². The van der Waals surface area contributed by atoms with Gasteiger partial charge < -0.3 is 4.90 Å². The van der Waals surface area contributed by atoms with Crippen LogP contribution in [0.25, 0.3) is 0 Å². The van der Waals surface area contributed by atoms with Crippen LogP contribution >= 0.6 is 0 Å². The fraction of sp³-hybridized carbons (Fsp3) is 0.571. The Morgan fingerprint density at radius 3 is 2.83 bits per heavy atom. The molecule has 124 valence electrons. The van der Waals surface area contributed by atoms with Crippen LogP contribution in [-0.4, -0.2) is 36.0 Å². The molecule has 2 saturated heterocycles. The van der Waals surface area contributed by atoms with E-state index in [1.165, 1.54) is 49.9 Å². The van der Waals surface area contributed by atoms with Gasteiger partial charge in [-0.15, -0.1) is 0 Å². The third-order valence-corrected chi connectivity index (χ3v) is 8.36. The van der Waals surface area contributed by atoms with Crippen molar-refractivity contribution in [1.82, 2.24) is 4.90 Å². The third-order valence-electron chi connectivity index (χ3n) is 8.36. The maximum Gasteiger partial charge on any atom is 0.214 e. The molecule has 2 unspecified atom stereocenters. The maximum atomic E-state index is 12.3. The molecule has 4 atom stereocenters. The number of carbonyl (C=O) groups excluding carboxylic acids is 1. The van der Waals surface area contributed by atoms with Crippen molar-refractivity contribution in [3.63, 3.8) is 0 Å². The van der Waals surface area contributed by atoms with Crippen molar-refractivity contribution in [3.05, 3.63) is 42.0 Å². The molecule has 7 rings (SSSR count). The summed E-state index contributed by atoms with van der Waals surface area (Å²) in [5.41, 5.74) is 4.22. The van der Waals surface area contributed by atoms with E-state index in [9.17, 15) is 4.79 Å². The first-order chi connectivity index (χ1) is 11.7. The lowest BCUT2D eigenvalue weighted by Crippen LogP contribution is -2.75. The molecule has 0 radical (unpaired) electrons. The van der Waals surface area contributed by atoms with E-state index in [4.69, 9.17) is 0 Å². The average Bonchev–Trinajstić information content (AvgIpc) is 3.12. The molecule has 24 heavy (non-hydrogen) atoms. The van der Waals surface area contributed by atoms with Crippen molar-refractivity contribution < 1.29 is 4.79 Å². The lowest BCUT2D eigenvalue weighted by molar-refractivity contribution is -0.113.